The second-order valence-corrected chi connectivity index (χ2v) is 2.55. The summed E-state index contributed by atoms with van der Waals surface area (Å²) >= 11 is 0. The van der Waals surface area contributed by atoms with Crippen LogP contribution in [-0.4, -0.2) is 23.8 Å². The minimum absolute atomic E-state index is 0.346. The van der Waals surface area contributed by atoms with Gasteiger partial charge in [0.05, 0.1) is 0 Å². The Morgan fingerprint density at radius 3 is 2.67 bits per heavy atom. The molecule has 0 aromatic rings. The van der Waals surface area contributed by atoms with Crippen LogP contribution in [0.1, 0.15) is 6.42 Å². The number of halogens is 1. The SMILES string of the molecule is C=CCC1(F)CN(N)C1. The Hall–Kier alpha value is -0.410. The number of hydrogen-bond donors (Lipinski definition) is 1. The highest BCUT2D eigenvalue weighted by Gasteiger charge is 2.40. The summed E-state index contributed by atoms with van der Waals surface area (Å²) in [5.41, 5.74) is -1.07. The average molecular weight is 130 g/mol. The molecule has 2 N–H and O–H groups in total. The number of nitrogens with zero attached hydrogens (tertiary/aromatic N) is 1. The largest absolute Gasteiger partial charge is 0.269 e. The smallest absolute Gasteiger partial charge is 0.142 e. The Balaban J connectivity index is 2.31. The molecule has 0 atom stereocenters. The van der Waals surface area contributed by atoms with Crippen LogP contribution in [0.15, 0.2) is 12.7 Å². The van der Waals surface area contributed by atoms with Gasteiger partial charge >= 0.3 is 0 Å². The van der Waals surface area contributed by atoms with Crippen LogP contribution in [-0.2, 0) is 0 Å². The summed E-state index contributed by atoms with van der Waals surface area (Å²) in [6.07, 6.45) is 2.01. The lowest BCUT2D eigenvalue weighted by molar-refractivity contribution is -0.0300. The van der Waals surface area contributed by atoms with Gasteiger partial charge in [0.1, 0.15) is 5.67 Å². The molecule has 0 saturated carbocycles. The van der Waals surface area contributed by atoms with E-state index in [9.17, 15) is 4.39 Å². The zero-order valence-corrected chi connectivity index (χ0v) is 5.31. The third-order valence-electron chi connectivity index (χ3n) is 1.48. The fraction of sp³-hybridized carbons (Fsp3) is 0.667. The predicted molar refractivity (Wildman–Crippen MR) is 34.4 cm³/mol. The van der Waals surface area contributed by atoms with Gasteiger partial charge in [-0.3, -0.25) is 5.84 Å². The molecule has 1 aliphatic heterocycles. The van der Waals surface area contributed by atoms with Crippen LogP contribution >= 0.6 is 0 Å². The highest BCUT2D eigenvalue weighted by Crippen LogP contribution is 2.26. The maximum atomic E-state index is 13.0. The van der Waals surface area contributed by atoms with Gasteiger partial charge in [0.15, 0.2) is 0 Å². The lowest BCUT2D eigenvalue weighted by atomic mass is 9.95. The molecule has 1 saturated heterocycles. The molecule has 52 valence electrons. The zero-order valence-electron chi connectivity index (χ0n) is 5.31. The molecule has 0 aromatic heterocycles. The number of nitrogens with two attached hydrogens (primary N) is 1. The van der Waals surface area contributed by atoms with E-state index in [0.717, 1.165) is 0 Å². The van der Waals surface area contributed by atoms with Crippen LogP contribution in [0.3, 0.4) is 0 Å². The van der Waals surface area contributed by atoms with Crippen LogP contribution < -0.4 is 5.84 Å². The van der Waals surface area contributed by atoms with Crippen molar-refractivity contribution >= 4 is 0 Å². The van der Waals surface area contributed by atoms with E-state index in [-0.39, 0.29) is 0 Å². The molecule has 9 heavy (non-hydrogen) atoms. The fourth-order valence-electron chi connectivity index (χ4n) is 1.07. The van der Waals surface area contributed by atoms with Crippen molar-refractivity contribution in [1.29, 1.82) is 0 Å². The molecule has 0 aliphatic carbocycles. The summed E-state index contributed by atoms with van der Waals surface area (Å²) in [4.78, 5) is 0. The first-order valence-corrected chi connectivity index (χ1v) is 2.96. The van der Waals surface area contributed by atoms with Crippen molar-refractivity contribution in [2.75, 3.05) is 13.1 Å². The van der Waals surface area contributed by atoms with E-state index < -0.39 is 5.67 Å². The lowest BCUT2D eigenvalue weighted by Crippen LogP contribution is -2.61. The standard InChI is InChI=1S/C6H11FN2/c1-2-3-6(7)4-9(8)5-6/h2H,1,3-5,8H2. The predicted octanol–water partition coefficient (Wildman–Crippen LogP) is 0.460. The van der Waals surface area contributed by atoms with E-state index in [1.807, 2.05) is 0 Å². The molecule has 1 heterocycles. The number of hydrogen-bond acceptors (Lipinski definition) is 2. The number of allylic oxidation sites excluding steroid dienone is 1. The first kappa shape index (κ1) is 6.71. The lowest BCUT2D eigenvalue weighted by Gasteiger charge is -2.40. The van der Waals surface area contributed by atoms with Crippen molar-refractivity contribution in [1.82, 2.24) is 5.01 Å². The molecule has 0 spiro atoms. The van der Waals surface area contributed by atoms with E-state index in [1.165, 1.54) is 5.01 Å². The van der Waals surface area contributed by atoms with Gasteiger partial charge in [-0.05, 0) is 0 Å². The summed E-state index contributed by atoms with van der Waals surface area (Å²) in [5.74, 6) is 5.24. The molecule has 1 rings (SSSR count). The number of alkyl halides is 1. The zero-order chi connectivity index (χ0) is 6.91. The first-order chi connectivity index (χ1) is 4.16. The summed E-state index contributed by atoms with van der Waals surface area (Å²) < 4.78 is 13.0. The van der Waals surface area contributed by atoms with Crippen molar-refractivity contribution in [3.63, 3.8) is 0 Å². The van der Waals surface area contributed by atoms with Gasteiger partial charge in [-0.1, -0.05) is 6.08 Å². The summed E-state index contributed by atoms with van der Waals surface area (Å²) in [7, 11) is 0. The highest BCUT2D eigenvalue weighted by atomic mass is 19.1. The molecule has 3 heteroatoms. The van der Waals surface area contributed by atoms with E-state index in [4.69, 9.17) is 5.84 Å². The average Bonchev–Trinajstić information content (AvgIpc) is 1.62. The molecular weight excluding hydrogens is 119 g/mol. The van der Waals surface area contributed by atoms with Gasteiger partial charge in [0.2, 0.25) is 0 Å². The van der Waals surface area contributed by atoms with E-state index >= 15 is 0 Å². The molecule has 0 aromatic carbocycles. The van der Waals surface area contributed by atoms with Crippen LogP contribution in [0.4, 0.5) is 4.39 Å². The van der Waals surface area contributed by atoms with Crippen molar-refractivity contribution in [3.05, 3.63) is 12.7 Å². The first-order valence-electron chi connectivity index (χ1n) is 2.96. The van der Waals surface area contributed by atoms with Gasteiger partial charge < -0.3 is 0 Å². The van der Waals surface area contributed by atoms with Crippen LogP contribution in [0.5, 0.6) is 0 Å². The summed E-state index contributed by atoms with van der Waals surface area (Å²) in [6.45, 7) is 4.15. The molecule has 0 unspecified atom stereocenters. The molecule has 0 bridgehead atoms. The maximum Gasteiger partial charge on any atom is 0.142 e. The van der Waals surface area contributed by atoms with Crippen molar-refractivity contribution < 1.29 is 4.39 Å². The number of hydrazine groups is 1. The Labute approximate surface area is 54.1 Å². The molecular formula is C6H11FN2. The molecule has 0 amide bonds. The maximum absolute atomic E-state index is 13.0. The van der Waals surface area contributed by atoms with Gasteiger partial charge in [0, 0.05) is 19.5 Å². The normalized spacial score (nSPS) is 25.1. The third-order valence-corrected chi connectivity index (χ3v) is 1.48. The van der Waals surface area contributed by atoms with E-state index in [2.05, 4.69) is 6.58 Å². The van der Waals surface area contributed by atoms with Crippen LogP contribution in [0, 0.1) is 0 Å². The second-order valence-electron chi connectivity index (χ2n) is 2.55. The Bertz CT molecular complexity index is 118. The van der Waals surface area contributed by atoms with E-state index in [1.54, 1.807) is 6.08 Å². The van der Waals surface area contributed by atoms with Crippen LogP contribution in [0.25, 0.3) is 0 Å². The van der Waals surface area contributed by atoms with Gasteiger partial charge in [-0.25, -0.2) is 9.40 Å². The molecule has 1 aliphatic rings. The monoisotopic (exact) mass is 130 g/mol. The topological polar surface area (TPSA) is 29.3 Å². The Morgan fingerprint density at radius 2 is 2.33 bits per heavy atom. The third kappa shape index (κ3) is 1.28. The van der Waals surface area contributed by atoms with Gasteiger partial charge in [-0.15, -0.1) is 6.58 Å². The molecule has 1 fully saturated rings. The van der Waals surface area contributed by atoms with Crippen LogP contribution in [0.2, 0.25) is 0 Å². The van der Waals surface area contributed by atoms with Crippen molar-refractivity contribution in [2.24, 2.45) is 5.84 Å². The number of rotatable bonds is 2. The fourth-order valence-corrected chi connectivity index (χ4v) is 1.07. The minimum Gasteiger partial charge on any atom is -0.269 e. The highest BCUT2D eigenvalue weighted by molar-refractivity contribution is 4.97. The van der Waals surface area contributed by atoms with Gasteiger partial charge in [0.25, 0.3) is 0 Å². The summed E-state index contributed by atoms with van der Waals surface area (Å²) in [6, 6.07) is 0. The Morgan fingerprint density at radius 1 is 1.78 bits per heavy atom. The van der Waals surface area contributed by atoms with E-state index in [0.29, 0.717) is 19.5 Å². The Kier molecular flexibility index (Phi) is 1.55. The van der Waals surface area contributed by atoms with Gasteiger partial charge in [-0.2, -0.15) is 0 Å². The van der Waals surface area contributed by atoms with Crippen molar-refractivity contribution in [2.45, 2.75) is 12.1 Å². The quantitative estimate of drug-likeness (QED) is 0.434. The molecule has 0 radical (unpaired) electrons. The molecule has 2 nitrogen and oxygen atoms in total. The second kappa shape index (κ2) is 2.08. The van der Waals surface area contributed by atoms with Crippen molar-refractivity contribution in [3.8, 4) is 0 Å². The minimum atomic E-state index is -1.07. The summed E-state index contributed by atoms with van der Waals surface area (Å²) in [5, 5.41) is 1.46.